The van der Waals surface area contributed by atoms with Gasteiger partial charge in [-0.3, -0.25) is 72.6 Å². The predicted molar refractivity (Wildman–Crippen MR) is 506 cm³/mol. The molecular weight excluding hydrogens is 1720 g/mol. The number of esters is 3. The summed E-state index contributed by atoms with van der Waals surface area (Å²) in [5.41, 5.74) is 12.1. The number of aromatic nitrogens is 3. The fraction of sp³-hybridized carbons (Fsp3) is 0.545. The van der Waals surface area contributed by atoms with E-state index in [4.69, 9.17) is 43.4 Å². The van der Waals surface area contributed by atoms with Gasteiger partial charge in [0.25, 0.3) is 17.7 Å². The summed E-state index contributed by atoms with van der Waals surface area (Å²) in [6.07, 6.45) is 12.9. The number of amides is 9. The molecule has 33 nitrogen and oxygen atoms in total. The van der Waals surface area contributed by atoms with E-state index in [9.17, 15) is 57.5 Å². The van der Waals surface area contributed by atoms with Gasteiger partial charge in [0.15, 0.2) is 5.79 Å². The number of hydrogen-bond donors (Lipinski definition) is 9. The van der Waals surface area contributed by atoms with Crippen LogP contribution in [0.4, 0.5) is 0 Å². The normalized spacial score (nSPS) is 28.3. The molecule has 15 bridgehead atoms. The molecule has 0 unspecified atom stereocenters. The number of benzene rings is 3. The van der Waals surface area contributed by atoms with Gasteiger partial charge in [0, 0.05) is 50.5 Å². The molecule has 9 amide bonds. The summed E-state index contributed by atoms with van der Waals surface area (Å²) in [4.78, 5) is 176. The van der Waals surface area contributed by atoms with Gasteiger partial charge in [-0.25, -0.2) is 31.2 Å². The fourth-order valence-electron chi connectivity index (χ4n) is 16.0. The Bertz CT molecular complexity index is 5390. The third-order valence-corrected chi connectivity index (χ3v) is 27.0. The van der Waals surface area contributed by atoms with Crippen LogP contribution >= 0.6 is 0 Å². The number of rotatable bonds is 9. The standard InChI is InChI=1S/C35H51N5O6Si.C33H43N5O7.C31H41N5O5/c1-22(2)30-31(41)36-23(3)32(42)40-17-9-10-28(39-40)33(43)46-24(4)27-14-13-26-12-11-25(20-29(26)37-27)15-16-35(5,34(44)38-30)21-45-18-19-47(6,7)8;1-19(2)27-28(39)34-20(3)29(40)38-15-7-8-25(37-38)30(41)45-21(4)24-12-11-23-10-9-22(16-26(23)35-24)13-14-33(31(42)36-27)17-43-32(5,6)44-18-33;1-7-31(6)15-14-21-10-11-22-12-13-23(33-25(22)17-21)20(5)41-29(39)24-9-8-16-36(35-24)28(38)19(4)32-27(37)26(18(2)3)34-30(31)40/h11-16,20,22-24,28,30,39H,9-10,17-19,21H2,1-8H3,(H,36,41)(H,38,44);9-14,16,19-21,25,27,37H,7-8,15,17-18H2,1-6H3,(H,34,39)(H,36,42);10-15,17-20,24,26,35H,7-9,16H2,1-6H3,(H,32,37)(H,34,40)/b16-15+;14-13+;15-14+/t23-,24+,28-,30-,35+;20-,21+,25-,27-;19-,20+,24-,26-,31+/m000/s1. The van der Waals surface area contributed by atoms with Crippen molar-refractivity contribution in [2.45, 2.75) is 267 Å². The van der Waals surface area contributed by atoms with E-state index >= 15 is 0 Å². The lowest BCUT2D eigenvalue weighted by atomic mass is 9.84. The molecule has 6 aromatic rings. The Kier molecular flexibility index (Phi) is 33.7. The minimum Gasteiger partial charge on any atom is -0.455 e. The third-order valence-electron chi connectivity index (χ3n) is 25.3. The van der Waals surface area contributed by atoms with Crippen LogP contribution in [-0.2, 0) is 86.0 Å². The minimum atomic E-state index is -1.36. The summed E-state index contributed by atoms with van der Waals surface area (Å²) < 4.78 is 35.3. The fourth-order valence-corrected chi connectivity index (χ4v) is 16.8. The number of carbonyl (C=O) groups is 12. The molecule has 9 N–H and O–H groups in total. The zero-order chi connectivity index (χ0) is 96.9. The minimum absolute atomic E-state index is 0.0321. The zero-order valence-corrected chi connectivity index (χ0v) is 81.4. The first-order valence-corrected chi connectivity index (χ1v) is 50.3. The van der Waals surface area contributed by atoms with Gasteiger partial charge >= 0.3 is 17.9 Å². The summed E-state index contributed by atoms with van der Waals surface area (Å²) in [5, 5.41) is 23.9. The number of nitrogens with zero attached hydrogens (tertiary/aromatic N) is 6. The molecule has 3 aromatic carbocycles. The molecule has 3 aromatic heterocycles. The van der Waals surface area contributed by atoms with Crippen molar-refractivity contribution in [1.29, 1.82) is 0 Å². The lowest BCUT2D eigenvalue weighted by Gasteiger charge is -2.41. The Labute approximate surface area is 780 Å². The van der Waals surface area contributed by atoms with E-state index in [1.54, 1.807) is 68.4 Å². The molecule has 34 heteroatoms. The van der Waals surface area contributed by atoms with E-state index < -0.39 is 156 Å². The van der Waals surface area contributed by atoms with Crippen molar-refractivity contribution in [2.75, 3.05) is 46.1 Å². The SMILES string of the molecule is CC(C)[C@@H]1NC(=O)C2(/C=C/c3ccc4ccc(nc4c3)[C@@H](C)OC(=O)[C@@H]3CCCN(N3)C(=O)[C@H](C)NC1=O)COC(C)(C)OC2.CC(C)[C@@H]1NC(=O)[C@@](C)(COCC[Si](C)(C)C)/C=C/c2ccc3ccc(nc3c2)[C@@H](C)OC(=O)[C@@H]2CCCN(N2)C(=O)[C@H](C)NC1=O.CC[C@]1(C)/C=C/c2ccc3ccc(nc3c2)[C@@H](C)OC(=O)[C@@H]2CCCN(N2)C(=O)[C@H](C)NC(=O)[C@H](C(C)C)NC1=O. The number of ether oxygens (including phenoxy) is 6. The Hall–Kier alpha value is -11.3. The predicted octanol–water partition coefficient (Wildman–Crippen LogP) is 10.6. The molecule has 0 aliphatic carbocycles. The molecule has 0 radical (unpaired) electrons. The van der Waals surface area contributed by atoms with E-state index in [2.05, 4.69) is 67.8 Å². The van der Waals surface area contributed by atoms with Gasteiger partial charge in [-0.2, -0.15) is 0 Å². The maximum Gasteiger partial charge on any atom is 0.325 e. The van der Waals surface area contributed by atoms with Gasteiger partial charge in [0.05, 0.1) is 64.3 Å². The Balaban J connectivity index is 0.000000193. The van der Waals surface area contributed by atoms with Gasteiger partial charge in [0.2, 0.25) is 35.4 Å². The molecule has 133 heavy (non-hydrogen) atoms. The number of carbonyl (C=O) groups excluding carboxylic acids is 12. The number of pyridine rings is 3. The second kappa shape index (κ2) is 43.8. The summed E-state index contributed by atoms with van der Waals surface area (Å²) in [6, 6.07) is 22.1. The van der Waals surface area contributed by atoms with Crippen LogP contribution in [0, 0.1) is 34.0 Å². The van der Waals surface area contributed by atoms with Gasteiger partial charge in [-0.1, -0.05) is 159 Å². The second-order valence-corrected chi connectivity index (χ2v) is 44.8. The highest BCUT2D eigenvalue weighted by molar-refractivity contribution is 6.76. The number of cyclic esters (lactones) is 3. The van der Waals surface area contributed by atoms with Crippen LogP contribution in [0.5, 0.6) is 0 Å². The van der Waals surface area contributed by atoms with Crippen LogP contribution in [0.25, 0.3) is 50.9 Å². The summed E-state index contributed by atoms with van der Waals surface area (Å²) in [7, 11) is -1.36. The van der Waals surface area contributed by atoms with Crippen LogP contribution in [0.1, 0.15) is 215 Å². The van der Waals surface area contributed by atoms with E-state index in [-0.39, 0.29) is 55.3 Å². The Morgan fingerprint density at radius 3 is 1.08 bits per heavy atom. The van der Waals surface area contributed by atoms with Crippen LogP contribution in [-0.4, -0.2) is 215 Å². The highest BCUT2D eigenvalue weighted by atomic mass is 28.3. The molecular formula is C99H135N15O18Si. The van der Waals surface area contributed by atoms with Crippen molar-refractivity contribution >= 4 is 130 Å². The first-order valence-electron chi connectivity index (χ1n) is 46.6. The number of hydrazine groups is 3. The Morgan fingerprint density at radius 2 is 0.744 bits per heavy atom. The van der Waals surface area contributed by atoms with Crippen LogP contribution in [0.3, 0.4) is 0 Å². The summed E-state index contributed by atoms with van der Waals surface area (Å²) >= 11 is 0. The van der Waals surface area contributed by atoms with E-state index in [1.807, 2.05) is 177 Å². The quantitative estimate of drug-likeness (QED) is 0.0281. The zero-order valence-electron chi connectivity index (χ0n) is 80.4. The summed E-state index contributed by atoms with van der Waals surface area (Å²) in [6.45, 7) is 38.9. The highest BCUT2D eigenvalue weighted by Gasteiger charge is 2.47. The Morgan fingerprint density at radius 1 is 0.429 bits per heavy atom. The first-order chi connectivity index (χ1) is 62.7. The monoisotopic (exact) mass is 1850 g/mol. The van der Waals surface area contributed by atoms with E-state index in [0.29, 0.717) is 99.3 Å². The van der Waals surface area contributed by atoms with Gasteiger partial charge in [0.1, 0.15) is 78.1 Å². The van der Waals surface area contributed by atoms with Crippen molar-refractivity contribution in [3.8, 4) is 0 Å². The van der Waals surface area contributed by atoms with Crippen LogP contribution in [0.15, 0.2) is 109 Å². The molecule has 718 valence electrons. The maximum atomic E-state index is 14.0. The number of fused-ring (bicyclic) bond motifs is 12. The molecule has 7 aliphatic heterocycles. The lowest BCUT2D eigenvalue weighted by Crippen LogP contribution is -2.62. The van der Waals surface area contributed by atoms with Crippen LogP contribution < -0.4 is 48.2 Å². The largest absolute Gasteiger partial charge is 0.455 e. The molecule has 0 saturated carbocycles. The van der Waals surface area contributed by atoms with E-state index in [0.717, 1.165) is 44.4 Å². The number of hydrogen-bond acceptors (Lipinski definition) is 24. The van der Waals surface area contributed by atoms with Crippen molar-refractivity contribution in [2.24, 2.45) is 34.0 Å². The molecule has 10 heterocycles. The van der Waals surface area contributed by atoms with Gasteiger partial charge in [-0.15, -0.1) is 0 Å². The van der Waals surface area contributed by atoms with Crippen molar-refractivity contribution in [3.63, 3.8) is 0 Å². The topological polar surface area (TPSA) is 417 Å². The second-order valence-electron chi connectivity index (χ2n) is 39.2. The molecule has 14 atom stereocenters. The molecule has 4 fully saturated rings. The van der Waals surface area contributed by atoms with E-state index in [1.165, 1.54) is 15.0 Å². The molecule has 13 rings (SSSR count). The van der Waals surface area contributed by atoms with Crippen molar-refractivity contribution < 1.29 is 86.0 Å². The summed E-state index contributed by atoms with van der Waals surface area (Å²) in [5.74, 6) is -6.76. The maximum absolute atomic E-state index is 14.0. The first kappa shape index (κ1) is 102. The molecule has 7 aliphatic rings. The van der Waals surface area contributed by atoms with Crippen molar-refractivity contribution in [1.82, 2.24) is 78.2 Å². The third kappa shape index (κ3) is 26.2. The average Bonchev–Trinajstić information content (AvgIpc) is 1.03. The van der Waals surface area contributed by atoms with Crippen LogP contribution in [0.2, 0.25) is 25.7 Å². The lowest BCUT2D eigenvalue weighted by molar-refractivity contribution is -0.272. The smallest absolute Gasteiger partial charge is 0.325 e. The molecule has 1 spiro atoms. The highest BCUT2D eigenvalue weighted by Crippen LogP contribution is 2.36. The number of nitrogens with one attached hydrogen (secondary N) is 9. The molecule has 4 saturated heterocycles. The van der Waals surface area contributed by atoms with Gasteiger partial charge in [-0.05, 0) is 191 Å². The van der Waals surface area contributed by atoms with Gasteiger partial charge < -0.3 is 60.3 Å². The van der Waals surface area contributed by atoms with Crippen molar-refractivity contribution in [3.05, 3.63) is 143 Å². The average molecular weight is 1850 g/mol.